The van der Waals surface area contributed by atoms with Crippen molar-refractivity contribution in [2.24, 2.45) is 0 Å². The molecule has 120 valence electrons. The summed E-state index contributed by atoms with van der Waals surface area (Å²) in [4.78, 5) is 23.4. The second kappa shape index (κ2) is 6.41. The Balaban J connectivity index is 1.68. The molecule has 1 aliphatic rings. The topological polar surface area (TPSA) is 84.0 Å². The number of aromatic nitrogens is 2. The van der Waals surface area contributed by atoms with Gasteiger partial charge in [-0.1, -0.05) is 11.3 Å². The van der Waals surface area contributed by atoms with Gasteiger partial charge in [0.05, 0.1) is 17.8 Å². The lowest BCUT2D eigenvalue weighted by Crippen LogP contribution is -2.24. The van der Waals surface area contributed by atoms with Crippen LogP contribution >= 0.6 is 11.3 Å². The van der Waals surface area contributed by atoms with Gasteiger partial charge in [-0.2, -0.15) is 0 Å². The normalized spacial score (nSPS) is 13.7. The molecule has 2 aromatic rings. The molecule has 1 heterocycles. The SMILES string of the molecule is CC(=O)Nc1cc(F)ccc1C(=O)NCc1nnc(C2CC2)s1. The van der Waals surface area contributed by atoms with Crippen LogP contribution in [-0.4, -0.2) is 22.0 Å². The molecule has 8 heteroatoms. The summed E-state index contributed by atoms with van der Waals surface area (Å²) in [6, 6.07) is 3.63. The Bertz CT molecular complexity index is 758. The van der Waals surface area contributed by atoms with Crippen LogP contribution in [-0.2, 0) is 11.3 Å². The zero-order valence-electron chi connectivity index (χ0n) is 12.4. The van der Waals surface area contributed by atoms with Crippen LogP contribution < -0.4 is 10.6 Å². The first-order valence-electron chi connectivity index (χ1n) is 7.20. The van der Waals surface area contributed by atoms with Crippen molar-refractivity contribution in [3.05, 3.63) is 39.6 Å². The Kier molecular flexibility index (Phi) is 4.33. The Labute approximate surface area is 136 Å². The van der Waals surface area contributed by atoms with Gasteiger partial charge in [0.25, 0.3) is 5.91 Å². The maximum absolute atomic E-state index is 13.3. The van der Waals surface area contributed by atoms with E-state index < -0.39 is 11.7 Å². The summed E-state index contributed by atoms with van der Waals surface area (Å²) in [5.41, 5.74) is 0.347. The molecule has 1 aliphatic carbocycles. The molecule has 1 fully saturated rings. The highest BCUT2D eigenvalue weighted by Gasteiger charge is 2.27. The van der Waals surface area contributed by atoms with E-state index in [1.165, 1.54) is 30.4 Å². The molecule has 1 saturated carbocycles. The molecular formula is C15H15FN4O2S. The highest BCUT2D eigenvalue weighted by Crippen LogP contribution is 2.41. The van der Waals surface area contributed by atoms with Gasteiger partial charge in [0, 0.05) is 12.8 Å². The molecule has 2 amide bonds. The molecule has 0 radical (unpaired) electrons. The monoisotopic (exact) mass is 334 g/mol. The van der Waals surface area contributed by atoms with Gasteiger partial charge in [0.1, 0.15) is 15.8 Å². The van der Waals surface area contributed by atoms with Crippen molar-refractivity contribution in [1.29, 1.82) is 0 Å². The van der Waals surface area contributed by atoms with Crippen molar-refractivity contribution < 1.29 is 14.0 Å². The number of nitrogens with zero attached hydrogens (tertiary/aromatic N) is 2. The molecule has 1 aromatic carbocycles. The first-order chi connectivity index (χ1) is 11.0. The van der Waals surface area contributed by atoms with Crippen molar-refractivity contribution in [3.63, 3.8) is 0 Å². The number of benzene rings is 1. The third-order valence-corrected chi connectivity index (χ3v) is 4.43. The number of carbonyl (C=O) groups excluding carboxylic acids is 2. The number of carbonyl (C=O) groups is 2. The van der Waals surface area contributed by atoms with E-state index in [2.05, 4.69) is 20.8 Å². The minimum Gasteiger partial charge on any atom is -0.345 e. The first-order valence-corrected chi connectivity index (χ1v) is 8.02. The molecule has 0 atom stereocenters. The third-order valence-electron chi connectivity index (χ3n) is 3.35. The fourth-order valence-corrected chi connectivity index (χ4v) is 3.04. The number of hydrogen-bond acceptors (Lipinski definition) is 5. The van der Waals surface area contributed by atoms with Crippen LogP contribution in [0.25, 0.3) is 0 Å². The van der Waals surface area contributed by atoms with E-state index >= 15 is 0 Å². The van der Waals surface area contributed by atoms with E-state index in [0.717, 1.165) is 28.9 Å². The predicted octanol–water partition coefficient (Wildman–Crippen LogP) is 2.44. The summed E-state index contributed by atoms with van der Waals surface area (Å²) in [6.45, 7) is 1.55. The van der Waals surface area contributed by atoms with Gasteiger partial charge in [-0.15, -0.1) is 10.2 Å². The average molecular weight is 334 g/mol. The lowest BCUT2D eigenvalue weighted by Gasteiger charge is -2.10. The second-order valence-electron chi connectivity index (χ2n) is 5.36. The summed E-state index contributed by atoms with van der Waals surface area (Å²) in [6.07, 6.45) is 2.30. The first kappa shape index (κ1) is 15.5. The maximum Gasteiger partial charge on any atom is 0.253 e. The minimum atomic E-state index is -0.525. The molecule has 23 heavy (non-hydrogen) atoms. The van der Waals surface area contributed by atoms with Crippen molar-refractivity contribution in [3.8, 4) is 0 Å². The number of amides is 2. The number of halogens is 1. The lowest BCUT2D eigenvalue weighted by atomic mass is 10.1. The van der Waals surface area contributed by atoms with Crippen LogP contribution in [0, 0.1) is 5.82 Å². The van der Waals surface area contributed by atoms with E-state index in [9.17, 15) is 14.0 Å². The summed E-state index contributed by atoms with van der Waals surface area (Å²) in [7, 11) is 0. The average Bonchev–Trinajstić information content (AvgIpc) is 3.23. The largest absolute Gasteiger partial charge is 0.345 e. The Hall–Kier alpha value is -2.35. The van der Waals surface area contributed by atoms with Crippen molar-refractivity contribution in [2.75, 3.05) is 5.32 Å². The van der Waals surface area contributed by atoms with Crippen LogP contribution in [0.15, 0.2) is 18.2 Å². The molecule has 0 spiro atoms. The Morgan fingerprint density at radius 2 is 2.13 bits per heavy atom. The lowest BCUT2D eigenvalue weighted by molar-refractivity contribution is -0.114. The molecule has 0 saturated heterocycles. The fraction of sp³-hybridized carbons (Fsp3) is 0.333. The minimum absolute atomic E-state index is 0.144. The molecular weight excluding hydrogens is 319 g/mol. The van der Waals surface area contributed by atoms with E-state index in [0.29, 0.717) is 5.92 Å². The molecule has 6 nitrogen and oxygen atoms in total. The van der Waals surface area contributed by atoms with Crippen molar-refractivity contribution in [1.82, 2.24) is 15.5 Å². The number of rotatable bonds is 5. The third kappa shape index (κ3) is 3.89. The number of anilines is 1. The quantitative estimate of drug-likeness (QED) is 0.880. The van der Waals surface area contributed by atoms with E-state index in [1.807, 2.05) is 0 Å². The van der Waals surface area contributed by atoms with Gasteiger partial charge in [0.15, 0.2) is 0 Å². The van der Waals surface area contributed by atoms with Crippen LogP contribution in [0.1, 0.15) is 46.1 Å². The highest BCUT2D eigenvalue weighted by atomic mass is 32.1. The maximum atomic E-state index is 13.3. The van der Waals surface area contributed by atoms with Gasteiger partial charge in [-0.25, -0.2) is 4.39 Å². The summed E-state index contributed by atoms with van der Waals surface area (Å²) < 4.78 is 13.3. The highest BCUT2D eigenvalue weighted by molar-refractivity contribution is 7.11. The summed E-state index contributed by atoms with van der Waals surface area (Å²) in [5.74, 6) is -0.774. The van der Waals surface area contributed by atoms with Gasteiger partial charge < -0.3 is 10.6 Å². The summed E-state index contributed by atoms with van der Waals surface area (Å²) in [5, 5.41) is 15.1. The van der Waals surface area contributed by atoms with Gasteiger partial charge >= 0.3 is 0 Å². The molecule has 0 aliphatic heterocycles. The van der Waals surface area contributed by atoms with Crippen LogP contribution in [0.5, 0.6) is 0 Å². The van der Waals surface area contributed by atoms with Gasteiger partial charge in [-0.05, 0) is 31.0 Å². The fourth-order valence-electron chi connectivity index (χ4n) is 2.09. The molecule has 0 bridgehead atoms. The molecule has 0 unspecified atom stereocenters. The molecule has 3 rings (SSSR count). The van der Waals surface area contributed by atoms with E-state index in [4.69, 9.17) is 0 Å². The zero-order valence-corrected chi connectivity index (χ0v) is 13.2. The van der Waals surface area contributed by atoms with Crippen molar-refractivity contribution in [2.45, 2.75) is 32.2 Å². The zero-order chi connectivity index (χ0) is 16.4. The van der Waals surface area contributed by atoms with E-state index in [-0.39, 0.29) is 23.7 Å². The molecule has 1 aromatic heterocycles. The van der Waals surface area contributed by atoms with Crippen LogP contribution in [0.3, 0.4) is 0 Å². The number of nitrogens with one attached hydrogen (secondary N) is 2. The Morgan fingerprint density at radius 1 is 1.35 bits per heavy atom. The predicted molar refractivity (Wildman–Crippen MR) is 83.8 cm³/mol. The second-order valence-corrected chi connectivity index (χ2v) is 6.46. The summed E-state index contributed by atoms with van der Waals surface area (Å²) >= 11 is 1.49. The number of hydrogen-bond donors (Lipinski definition) is 2. The van der Waals surface area contributed by atoms with Crippen molar-refractivity contribution >= 4 is 28.8 Å². The van der Waals surface area contributed by atoms with E-state index in [1.54, 1.807) is 0 Å². The standard InChI is InChI=1S/C15H15FN4O2S/c1-8(21)18-12-6-10(16)4-5-11(12)14(22)17-7-13-19-20-15(23-13)9-2-3-9/h4-6,9H,2-3,7H2,1H3,(H,17,22)(H,18,21). The van der Waals surface area contributed by atoms with Crippen LogP contribution in [0.4, 0.5) is 10.1 Å². The van der Waals surface area contributed by atoms with Gasteiger partial charge in [0.2, 0.25) is 5.91 Å². The molecule has 2 N–H and O–H groups in total. The smallest absolute Gasteiger partial charge is 0.253 e. The van der Waals surface area contributed by atoms with Crippen LogP contribution in [0.2, 0.25) is 0 Å². The Morgan fingerprint density at radius 3 is 2.83 bits per heavy atom. The van der Waals surface area contributed by atoms with Gasteiger partial charge in [-0.3, -0.25) is 9.59 Å².